The fraction of sp³-hybridized carbons (Fsp3) is 0.357. The number of nitrogens with two attached hydrogens (primary N) is 1. The molecule has 1 heterocycles. The zero-order valence-corrected chi connectivity index (χ0v) is 11.9. The van der Waals surface area contributed by atoms with Crippen LogP contribution in [-0.2, 0) is 0 Å². The zero-order valence-electron chi connectivity index (χ0n) is 11.1. The number of benzene rings is 1. The van der Waals surface area contributed by atoms with Crippen molar-refractivity contribution >= 4 is 33.9 Å². The number of hydrogen-bond acceptors (Lipinski definition) is 4. The van der Waals surface area contributed by atoms with Crippen molar-refractivity contribution in [2.24, 2.45) is 0 Å². The Balaban J connectivity index is 2.48. The van der Waals surface area contributed by atoms with Crippen molar-refractivity contribution in [3.8, 4) is 0 Å². The van der Waals surface area contributed by atoms with Gasteiger partial charge in [-0.05, 0) is 31.4 Å². The highest BCUT2D eigenvalue weighted by atomic mass is 32.2. The Morgan fingerprint density at radius 2 is 2.11 bits per heavy atom. The molecule has 0 aliphatic carbocycles. The van der Waals surface area contributed by atoms with Crippen molar-refractivity contribution in [2.75, 3.05) is 29.7 Å². The zero-order chi connectivity index (χ0) is 13.1. The summed E-state index contributed by atoms with van der Waals surface area (Å²) < 4.78 is 0. The summed E-state index contributed by atoms with van der Waals surface area (Å²) in [4.78, 5) is 6.46. The van der Waals surface area contributed by atoms with Gasteiger partial charge < -0.3 is 10.6 Å². The number of pyridine rings is 1. The Labute approximate surface area is 112 Å². The molecule has 0 radical (unpaired) electrons. The van der Waals surface area contributed by atoms with Gasteiger partial charge in [-0.1, -0.05) is 0 Å². The first-order valence-corrected chi connectivity index (χ1v) is 7.38. The molecule has 0 bridgehead atoms. The monoisotopic (exact) mass is 261 g/mol. The predicted molar refractivity (Wildman–Crippen MR) is 82.4 cm³/mol. The van der Waals surface area contributed by atoms with Crippen LogP contribution < -0.4 is 10.6 Å². The molecule has 0 aliphatic rings. The van der Waals surface area contributed by atoms with Gasteiger partial charge in [0.2, 0.25) is 0 Å². The van der Waals surface area contributed by atoms with E-state index in [-0.39, 0.29) is 0 Å². The van der Waals surface area contributed by atoms with Gasteiger partial charge in [-0.25, -0.2) is 0 Å². The van der Waals surface area contributed by atoms with Crippen LogP contribution in [0.4, 0.5) is 11.4 Å². The molecule has 0 aliphatic heterocycles. The number of nitrogen functional groups attached to an aromatic ring is 1. The van der Waals surface area contributed by atoms with E-state index < -0.39 is 0 Å². The lowest BCUT2D eigenvalue weighted by Crippen LogP contribution is -2.30. The fourth-order valence-corrected chi connectivity index (χ4v) is 2.80. The summed E-state index contributed by atoms with van der Waals surface area (Å²) in [6.45, 7) is 2.24. The van der Waals surface area contributed by atoms with Gasteiger partial charge in [0.25, 0.3) is 0 Å². The van der Waals surface area contributed by atoms with Crippen molar-refractivity contribution in [3.63, 3.8) is 0 Å². The normalized spacial score (nSPS) is 12.6. The smallest absolute Gasteiger partial charge is 0.0448 e. The lowest BCUT2D eigenvalue weighted by molar-refractivity contribution is 0.768. The number of thioether (sulfide) groups is 1. The molecule has 4 heteroatoms. The Kier molecular flexibility index (Phi) is 3.97. The first-order chi connectivity index (χ1) is 8.65. The summed E-state index contributed by atoms with van der Waals surface area (Å²) in [5.41, 5.74) is 7.99. The Hall–Kier alpha value is -1.42. The molecule has 2 N–H and O–H groups in total. The number of nitrogens with zero attached hydrogens (tertiary/aromatic N) is 2. The predicted octanol–water partition coefficient (Wildman–Crippen LogP) is 3.00. The SMILES string of the molecule is CSCC(C)N(C)c1ccc(N)c2cnccc12. The van der Waals surface area contributed by atoms with E-state index in [1.807, 2.05) is 36.3 Å². The molecule has 0 saturated carbocycles. The minimum Gasteiger partial charge on any atom is -0.398 e. The topological polar surface area (TPSA) is 42.1 Å². The fourth-order valence-electron chi connectivity index (χ4n) is 2.09. The number of fused-ring (bicyclic) bond motifs is 1. The van der Waals surface area contributed by atoms with E-state index in [1.165, 1.54) is 11.1 Å². The Morgan fingerprint density at radius 3 is 2.83 bits per heavy atom. The molecule has 0 fully saturated rings. The highest BCUT2D eigenvalue weighted by Gasteiger charge is 2.13. The molecular formula is C14H19N3S. The van der Waals surface area contributed by atoms with Gasteiger partial charge in [0.05, 0.1) is 0 Å². The maximum absolute atomic E-state index is 6.00. The second-order valence-corrected chi connectivity index (χ2v) is 5.42. The Morgan fingerprint density at radius 1 is 1.33 bits per heavy atom. The maximum atomic E-state index is 6.00. The van der Waals surface area contributed by atoms with Crippen LogP contribution in [0.2, 0.25) is 0 Å². The summed E-state index contributed by atoms with van der Waals surface area (Å²) in [7, 11) is 2.13. The van der Waals surface area contributed by atoms with E-state index in [4.69, 9.17) is 5.73 Å². The summed E-state index contributed by atoms with van der Waals surface area (Å²) >= 11 is 1.86. The van der Waals surface area contributed by atoms with Crippen molar-refractivity contribution in [1.29, 1.82) is 0 Å². The number of hydrogen-bond donors (Lipinski definition) is 1. The van der Waals surface area contributed by atoms with E-state index in [0.29, 0.717) is 6.04 Å². The van der Waals surface area contributed by atoms with Crippen LogP contribution >= 0.6 is 11.8 Å². The highest BCUT2D eigenvalue weighted by Crippen LogP contribution is 2.30. The molecular weight excluding hydrogens is 242 g/mol. The average molecular weight is 261 g/mol. The third-order valence-electron chi connectivity index (χ3n) is 3.28. The summed E-state index contributed by atoms with van der Waals surface area (Å²) in [6.07, 6.45) is 5.79. The van der Waals surface area contributed by atoms with Crippen LogP contribution in [0.25, 0.3) is 10.8 Å². The van der Waals surface area contributed by atoms with Crippen LogP contribution in [0.3, 0.4) is 0 Å². The summed E-state index contributed by atoms with van der Waals surface area (Å²) in [5, 5.41) is 2.19. The lowest BCUT2D eigenvalue weighted by atomic mass is 10.1. The van der Waals surface area contributed by atoms with Gasteiger partial charge in [0, 0.05) is 53.4 Å². The number of aromatic nitrogens is 1. The van der Waals surface area contributed by atoms with Gasteiger partial charge in [-0.2, -0.15) is 11.8 Å². The first-order valence-electron chi connectivity index (χ1n) is 5.99. The van der Waals surface area contributed by atoms with Crippen LogP contribution in [0, 0.1) is 0 Å². The maximum Gasteiger partial charge on any atom is 0.0448 e. The molecule has 96 valence electrons. The number of rotatable bonds is 4. The van der Waals surface area contributed by atoms with Gasteiger partial charge in [-0.3, -0.25) is 4.98 Å². The van der Waals surface area contributed by atoms with Crippen molar-refractivity contribution < 1.29 is 0 Å². The largest absolute Gasteiger partial charge is 0.398 e. The highest BCUT2D eigenvalue weighted by molar-refractivity contribution is 7.98. The van der Waals surface area contributed by atoms with Crippen LogP contribution in [-0.4, -0.2) is 30.1 Å². The van der Waals surface area contributed by atoms with E-state index >= 15 is 0 Å². The van der Waals surface area contributed by atoms with Crippen LogP contribution in [0.5, 0.6) is 0 Å². The third-order valence-corrected chi connectivity index (χ3v) is 4.09. The van der Waals surface area contributed by atoms with Gasteiger partial charge in [-0.15, -0.1) is 0 Å². The third kappa shape index (κ3) is 2.38. The lowest BCUT2D eigenvalue weighted by Gasteiger charge is -2.28. The molecule has 1 aromatic carbocycles. The standard InChI is InChI=1S/C14H19N3S/c1-10(9-18-3)17(2)14-5-4-13(15)12-8-16-7-6-11(12)14/h4-8,10H,9,15H2,1-3H3. The molecule has 0 saturated heterocycles. The van der Waals surface area contributed by atoms with Gasteiger partial charge in [0.15, 0.2) is 0 Å². The molecule has 18 heavy (non-hydrogen) atoms. The van der Waals surface area contributed by atoms with Crippen molar-refractivity contribution in [2.45, 2.75) is 13.0 Å². The molecule has 3 nitrogen and oxygen atoms in total. The molecule has 1 atom stereocenters. The van der Waals surface area contributed by atoms with E-state index in [1.54, 1.807) is 0 Å². The molecule has 0 spiro atoms. The van der Waals surface area contributed by atoms with E-state index in [9.17, 15) is 0 Å². The van der Waals surface area contributed by atoms with Gasteiger partial charge in [0.1, 0.15) is 0 Å². The van der Waals surface area contributed by atoms with Crippen LogP contribution in [0.1, 0.15) is 6.92 Å². The van der Waals surface area contributed by atoms with Crippen LogP contribution in [0.15, 0.2) is 30.6 Å². The first kappa shape index (κ1) is 13.0. The molecule has 0 amide bonds. The minimum absolute atomic E-state index is 0.486. The molecule has 1 aromatic heterocycles. The van der Waals surface area contributed by atoms with Crippen molar-refractivity contribution in [3.05, 3.63) is 30.6 Å². The van der Waals surface area contributed by atoms with E-state index in [2.05, 4.69) is 36.2 Å². The summed E-state index contributed by atoms with van der Waals surface area (Å²) in [6, 6.07) is 6.57. The Bertz CT molecular complexity index is 542. The van der Waals surface area contributed by atoms with Gasteiger partial charge >= 0.3 is 0 Å². The van der Waals surface area contributed by atoms with E-state index in [0.717, 1.165) is 16.8 Å². The van der Waals surface area contributed by atoms with Crippen molar-refractivity contribution in [1.82, 2.24) is 4.98 Å². The number of anilines is 2. The second kappa shape index (κ2) is 5.48. The molecule has 1 unspecified atom stereocenters. The summed E-state index contributed by atoms with van der Waals surface area (Å²) in [5.74, 6) is 1.10. The average Bonchev–Trinajstić information content (AvgIpc) is 2.39. The quantitative estimate of drug-likeness (QED) is 0.859. The second-order valence-electron chi connectivity index (χ2n) is 4.51. The minimum atomic E-state index is 0.486. The molecule has 2 rings (SSSR count). The molecule has 2 aromatic rings.